The van der Waals surface area contributed by atoms with Crippen LogP contribution in [0.3, 0.4) is 0 Å². The van der Waals surface area contributed by atoms with Crippen molar-refractivity contribution in [3.63, 3.8) is 0 Å². The van der Waals surface area contributed by atoms with Gasteiger partial charge in [0.1, 0.15) is 5.82 Å². The Kier molecular flexibility index (Phi) is 2.88. The largest absolute Gasteiger partial charge is 0.388 e. The van der Waals surface area contributed by atoms with Crippen molar-refractivity contribution in [3.05, 3.63) is 41.8 Å². The molecule has 1 atom stereocenters. The number of H-pyrrole nitrogens is 1. The van der Waals surface area contributed by atoms with Crippen molar-refractivity contribution in [2.24, 2.45) is 5.92 Å². The van der Waals surface area contributed by atoms with Crippen molar-refractivity contribution in [2.45, 2.75) is 25.4 Å². The minimum atomic E-state index is -0.490. The van der Waals surface area contributed by atoms with Crippen LogP contribution in [0, 0.1) is 11.7 Å². The second-order valence-electron chi connectivity index (χ2n) is 4.90. The van der Waals surface area contributed by atoms with Gasteiger partial charge >= 0.3 is 0 Å². The van der Waals surface area contributed by atoms with E-state index >= 15 is 0 Å². The molecule has 2 aromatic rings. The summed E-state index contributed by atoms with van der Waals surface area (Å²) in [4.78, 5) is 0. The van der Waals surface area contributed by atoms with Gasteiger partial charge in [-0.25, -0.2) is 4.39 Å². The molecule has 1 aromatic carbocycles. The lowest BCUT2D eigenvalue weighted by Crippen LogP contribution is -1.99. The van der Waals surface area contributed by atoms with Crippen LogP contribution in [0.5, 0.6) is 0 Å². The normalized spacial score (nSPS) is 16.8. The molecule has 0 saturated heterocycles. The number of halogens is 1. The molecule has 1 heterocycles. The molecule has 0 amide bonds. The summed E-state index contributed by atoms with van der Waals surface area (Å²) < 4.78 is 12.9. The Labute approximate surface area is 105 Å². The van der Waals surface area contributed by atoms with Gasteiger partial charge in [0.15, 0.2) is 0 Å². The van der Waals surface area contributed by atoms with Crippen molar-refractivity contribution >= 4 is 0 Å². The minimum Gasteiger partial charge on any atom is -0.388 e. The predicted molar refractivity (Wildman–Crippen MR) is 66.3 cm³/mol. The van der Waals surface area contributed by atoms with Gasteiger partial charge in [0.2, 0.25) is 0 Å². The van der Waals surface area contributed by atoms with E-state index in [1.807, 2.05) is 0 Å². The molecule has 0 aliphatic heterocycles. The molecule has 1 fully saturated rings. The maximum absolute atomic E-state index is 12.9. The van der Waals surface area contributed by atoms with E-state index in [9.17, 15) is 9.50 Å². The topological polar surface area (TPSA) is 48.9 Å². The monoisotopic (exact) mass is 246 g/mol. The molecule has 1 aliphatic carbocycles. The van der Waals surface area contributed by atoms with Crippen LogP contribution < -0.4 is 0 Å². The van der Waals surface area contributed by atoms with Gasteiger partial charge in [-0.2, -0.15) is 5.10 Å². The predicted octanol–water partition coefficient (Wildman–Crippen LogP) is 3.05. The van der Waals surface area contributed by atoms with E-state index in [0.29, 0.717) is 5.92 Å². The number of nitrogens with zero attached hydrogens (tertiary/aromatic N) is 1. The SMILES string of the molecule is OC(CC1CC1)c1cn[nH]c1-c1ccc(F)cc1. The van der Waals surface area contributed by atoms with Crippen molar-refractivity contribution in [2.75, 3.05) is 0 Å². The lowest BCUT2D eigenvalue weighted by atomic mass is 10.0. The third-order valence-corrected chi connectivity index (χ3v) is 3.41. The lowest BCUT2D eigenvalue weighted by molar-refractivity contribution is 0.161. The highest BCUT2D eigenvalue weighted by molar-refractivity contribution is 5.62. The summed E-state index contributed by atoms with van der Waals surface area (Å²) in [7, 11) is 0. The van der Waals surface area contributed by atoms with Gasteiger partial charge in [-0.05, 0) is 36.6 Å². The molecule has 3 rings (SSSR count). The first-order valence-electron chi connectivity index (χ1n) is 6.21. The van der Waals surface area contributed by atoms with Crippen molar-refractivity contribution in [1.82, 2.24) is 10.2 Å². The fourth-order valence-electron chi connectivity index (χ4n) is 2.19. The van der Waals surface area contributed by atoms with Crippen molar-refractivity contribution < 1.29 is 9.50 Å². The fraction of sp³-hybridized carbons (Fsp3) is 0.357. The van der Waals surface area contributed by atoms with E-state index in [4.69, 9.17) is 0 Å². The Morgan fingerprint density at radius 2 is 2.06 bits per heavy atom. The number of rotatable bonds is 4. The minimum absolute atomic E-state index is 0.265. The summed E-state index contributed by atoms with van der Waals surface area (Å²) in [6.07, 6.45) is 4.37. The van der Waals surface area contributed by atoms with Crippen LogP contribution in [-0.2, 0) is 0 Å². The lowest BCUT2D eigenvalue weighted by Gasteiger charge is -2.10. The van der Waals surface area contributed by atoms with Crippen LogP contribution >= 0.6 is 0 Å². The van der Waals surface area contributed by atoms with Crippen LogP contribution in [0.4, 0.5) is 4.39 Å². The van der Waals surface area contributed by atoms with Crippen LogP contribution in [-0.4, -0.2) is 15.3 Å². The second kappa shape index (κ2) is 4.53. The molecule has 0 spiro atoms. The van der Waals surface area contributed by atoms with Gasteiger partial charge in [0.05, 0.1) is 18.0 Å². The van der Waals surface area contributed by atoms with Gasteiger partial charge in [-0.3, -0.25) is 5.10 Å². The maximum Gasteiger partial charge on any atom is 0.123 e. The van der Waals surface area contributed by atoms with Crippen molar-refractivity contribution in [3.8, 4) is 11.3 Å². The third kappa shape index (κ3) is 2.29. The first-order chi connectivity index (χ1) is 8.74. The summed E-state index contributed by atoms with van der Waals surface area (Å²) in [5, 5.41) is 17.1. The summed E-state index contributed by atoms with van der Waals surface area (Å²) in [5.74, 6) is 0.384. The van der Waals surface area contributed by atoms with E-state index in [-0.39, 0.29) is 5.82 Å². The average molecular weight is 246 g/mol. The van der Waals surface area contributed by atoms with Crippen molar-refractivity contribution in [1.29, 1.82) is 0 Å². The first-order valence-corrected chi connectivity index (χ1v) is 6.21. The zero-order valence-electron chi connectivity index (χ0n) is 9.94. The smallest absolute Gasteiger partial charge is 0.123 e. The van der Waals surface area contributed by atoms with Gasteiger partial charge in [-0.15, -0.1) is 0 Å². The molecule has 3 nitrogen and oxygen atoms in total. The number of nitrogens with one attached hydrogen (secondary N) is 1. The average Bonchev–Trinajstić information content (AvgIpc) is 3.04. The van der Waals surface area contributed by atoms with E-state index in [1.54, 1.807) is 18.3 Å². The number of aliphatic hydroxyl groups excluding tert-OH is 1. The van der Waals surface area contributed by atoms with E-state index in [0.717, 1.165) is 23.2 Å². The van der Waals surface area contributed by atoms with E-state index in [1.165, 1.54) is 25.0 Å². The Morgan fingerprint density at radius 3 is 2.72 bits per heavy atom. The summed E-state index contributed by atoms with van der Waals surface area (Å²) in [6.45, 7) is 0. The molecule has 94 valence electrons. The highest BCUT2D eigenvalue weighted by Gasteiger charge is 2.27. The van der Waals surface area contributed by atoms with Gasteiger partial charge < -0.3 is 5.11 Å². The highest BCUT2D eigenvalue weighted by Crippen LogP contribution is 2.39. The molecule has 1 aromatic heterocycles. The first kappa shape index (κ1) is 11.4. The van der Waals surface area contributed by atoms with E-state index < -0.39 is 6.10 Å². The number of aromatic amines is 1. The summed E-state index contributed by atoms with van der Waals surface area (Å²) >= 11 is 0. The Balaban J connectivity index is 1.87. The Hall–Kier alpha value is -1.68. The molecule has 2 N–H and O–H groups in total. The molecule has 1 saturated carbocycles. The maximum atomic E-state index is 12.9. The molecule has 0 radical (unpaired) electrons. The van der Waals surface area contributed by atoms with Gasteiger partial charge in [0, 0.05) is 11.1 Å². The second-order valence-corrected chi connectivity index (χ2v) is 4.90. The Morgan fingerprint density at radius 1 is 1.33 bits per heavy atom. The summed E-state index contributed by atoms with van der Waals surface area (Å²) in [5.41, 5.74) is 2.43. The van der Waals surface area contributed by atoms with Gasteiger partial charge in [0.25, 0.3) is 0 Å². The summed E-state index contributed by atoms with van der Waals surface area (Å²) in [6, 6.07) is 6.20. The quantitative estimate of drug-likeness (QED) is 0.871. The number of aromatic nitrogens is 2. The van der Waals surface area contributed by atoms with Crippen LogP contribution in [0.1, 0.15) is 30.9 Å². The number of aliphatic hydroxyl groups is 1. The number of hydrogen-bond donors (Lipinski definition) is 2. The van der Waals surface area contributed by atoms with Crippen LogP contribution in [0.2, 0.25) is 0 Å². The number of benzene rings is 1. The molecule has 1 aliphatic rings. The molecule has 18 heavy (non-hydrogen) atoms. The molecular formula is C14H15FN2O. The zero-order valence-corrected chi connectivity index (χ0v) is 9.94. The fourth-order valence-corrected chi connectivity index (χ4v) is 2.19. The van der Waals surface area contributed by atoms with Crippen LogP contribution in [0.15, 0.2) is 30.5 Å². The highest BCUT2D eigenvalue weighted by atomic mass is 19.1. The van der Waals surface area contributed by atoms with E-state index in [2.05, 4.69) is 10.2 Å². The number of hydrogen-bond acceptors (Lipinski definition) is 2. The molecular weight excluding hydrogens is 231 g/mol. The van der Waals surface area contributed by atoms with Crippen LogP contribution in [0.25, 0.3) is 11.3 Å². The zero-order chi connectivity index (χ0) is 12.5. The van der Waals surface area contributed by atoms with Gasteiger partial charge in [-0.1, -0.05) is 12.8 Å². The molecule has 1 unspecified atom stereocenters. The molecule has 4 heteroatoms. The Bertz CT molecular complexity index is 531. The third-order valence-electron chi connectivity index (χ3n) is 3.41. The molecule has 0 bridgehead atoms. The standard InChI is InChI=1S/C14H15FN2O/c15-11-5-3-10(4-6-11)14-12(8-16-17-14)13(18)7-9-1-2-9/h3-6,8-9,13,18H,1-2,7H2,(H,16,17).